The topological polar surface area (TPSA) is 54.5 Å². The fourth-order valence-corrected chi connectivity index (χ4v) is 2.90. The minimum Gasteiger partial charge on any atom is -0.376 e. The van der Waals surface area contributed by atoms with E-state index in [1.165, 1.54) is 0 Å². The Morgan fingerprint density at radius 3 is 2.79 bits per heavy atom. The molecule has 6 heteroatoms. The van der Waals surface area contributed by atoms with Crippen molar-refractivity contribution in [2.45, 2.75) is 25.5 Å². The lowest BCUT2D eigenvalue weighted by atomic mass is 10.2. The lowest BCUT2D eigenvalue weighted by Crippen LogP contribution is -2.39. The molecule has 0 radical (unpaired) electrons. The first-order valence-electron chi connectivity index (χ1n) is 8.03. The molecule has 0 saturated carbocycles. The smallest absolute Gasteiger partial charge is 0.322 e. The molecule has 1 saturated heterocycles. The summed E-state index contributed by atoms with van der Waals surface area (Å²) in [6.45, 7) is 1.82. The van der Waals surface area contributed by atoms with Gasteiger partial charge in [0.2, 0.25) is 0 Å². The number of urea groups is 1. The summed E-state index contributed by atoms with van der Waals surface area (Å²) in [4.78, 5) is 18.5. The van der Waals surface area contributed by atoms with Gasteiger partial charge in [-0.2, -0.15) is 0 Å². The van der Waals surface area contributed by atoms with Crippen molar-refractivity contribution in [2.75, 3.05) is 18.5 Å². The molecule has 2 heterocycles. The Labute approximate surface area is 146 Å². The molecule has 2 aromatic rings. The highest BCUT2D eigenvalue weighted by atomic mass is 35.5. The fraction of sp³-hybridized carbons (Fsp3) is 0.333. The molecule has 1 aliphatic heterocycles. The number of halogens is 1. The van der Waals surface area contributed by atoms with Crippen LogP contribution in [0, 0.1) is 0 Å². The second-order valence-corrected chi connectivity index (χ2v) is 6.19. The monoisotopic (exact) mass is 345 g/mol. The highest BCUT2D eigenvalue weighted by Gasteiger charge is 2.23. The molecule has 1 aromatic heterocycles. The zero-order valence-corrected chi connectivity index (χ0v) is 14.1. The molecule has 2 amide bonds. The van der Waals surface area contributed by atoms with E-state index in [1.807, 2.05) is 24.3 Å². The van der Waals surface area contributed by atoms with Gasteiger partial charge in [-0.15, -0.1) is 0 Å². The van der Waals surface area contributed by atoms with Crippen molar-refractivity contribution in [3.8, 4) is 0 Å². The van der Waals surface area contributed by atoms with Gasteiger partial charge in [0.1, 0.15) is 0 Å². The summed E-state index contributed by atoms with van der Waals surface area (Å²) >= 11 is 6.14. The molecule has 1 aliphatic rings. The maximum absolute atomic E-state index is 12.7. The van der Waals surface area contributed by atoms with Gasteiger partial charge < -0.3 is 15.0 Å². The van der Waals surface area contributed by atoms with Crippen LogP contribution in [0.15, 0.2) is 48.8 Å². The number of hydrogen-bond donors (Lipinski definition) is 1. The summed E-state index contributed by atoms with van der Waals surface area (Å²) in [6.07, 6.45) is 5.56. The average molecular weight is 346 g/mol. The molecule has 1 atom stereocenters. The van der Waals surface area contributed by atoms with Gasteiger partial charge in [-0.1, -0.05) is 23.7 Å². The SMILES string of the molecule is O=C(Nc1ccccc1Cl)N(Cc1ccncc1)CC1CCCO1. The Kier molecular flexibility index (Phi) is 5.67. The van der Waals surface area contributed by atoms with Crippen LogP contribution >= 0.6 is 11.6 Å². The number of rotatable bonds is 5. The van der Waals surface area contributed by atoms with Gasteiger partial charge in [0, 0.05) is 32.1 Å². The van der Waals surface area contributed by atoms with Crippen LogP contribution in [-0.4, -0.2) is 35.2 Å². The molecule has 3 rings (SSSR count). The van der Waals surface area contributed by atoms with E-state index < -0.39 is 0 Å². The number of carbonyl (C=O) groups excluding carboxylic acids is 1. The highest BCUT2D eigenvalue weighted by molar-refractivity contribution is 6.33. The number of hydrogen-bond acceptors (Lipinski definition) is 3. The number of nitrogens with zero attached hydrogens (tertiary/aromatic N) is 2. The molecule has 0 aliphatic carbocycles. The number of aromatic nitrogens is 1. The Bertz CT molecular complexity index is 675. The van der Waals surface area contributed by atoms with E-state index in [2.05, 4.69) is 10.3 Å². The lowest BCUT2D eigenvalue weighted by Gasteiger charge is -2.26. The molecular weight excluding hydrogens is 326 g/mol. The van der Waals surface area contributed by atoms with E-state index in [9.17, 15) is 4.79 Å². The second kappa shape index (κ2) is 8.13. The molecule has 24 heavy (non-hydrogen) atoms. The van der Waals surface area contributed by atoms with E-state index >= 15 is 0 Å². The molecular formula is C18H20ClN3O2. The molecule has 126 valence electrons. The molecule has 1 aromatic carbocycles. The Balaban J connectivity index is 1.72. The third kappa shape index (κ3) is 4.46. The van der Waals surface area contributed by atoms with Gasteiger partial charge in [-0.3, -0.25) is 4.98 Å². The number of nitrogens with one attached hydrogen (secondary N) is 1. The van der Waals surface area contributed by atoms with Gasteiger partial charge in [0.15, 0.2) is 0 Å². The van der Waals surface area contributed by atoms with Gasteiger partial charge in [0.05, 0.1) is 16.8 Å². The summed E-state index contributed by atoms with van der Waals surface area (Å²) in [7, 11) is 0. The molecule has 1 N–H and O–H groups in total. The summed E-state index contributed by atoms with van der Waals surface area (Å²) < 4.78 is 5.69. The van der Waals surface area contributed by atoms with Crippen LogP contribution in [-0.2, 0) is 11.3 Å². The van der Waals surface area contributed by atoms with Crippen molar-refractivity contribution in [1.29, 1.82) is 0 Å². The average Bonchev–Trinajstić information content (AvgIpc) is 3.10. The lowest BCUT2D eigenvalue weighted by molar-refractivity contribution is 0.0819. The fourth-order valence-electron chi connectivity index (χ4n) is 2.72. The number of para-hydroxylation sites is 1. The Morgan fingerprint density at radius 2 is 2.08 bits per heavy atom. The third-order valence-electron chi connectivity index (χ3n) is 3.97. The van der Waals surface area contributed by atoms with Crippen molar-refractivity contribution in [3.05, 3.63) is 59.4 Å². The van der Waals surface area contributed by atoms with Crippen LogP contribution in [0.4, 0.5) is 10.5 Å². The first-order valence-corrected chi connectivity index (χ1v) is 8.41. The van der Waals surface area contributed by atoms with Gasteiger partial charge in [0.25, 0.3) is 0 Å². The number of carbonyl (C=O) groups is 1. The zero-order valence-electron chi connectivity index (χ0n) is 13.3. The van der Waals surface area contributed by atoms with Gasteiger partial charge in [-0.25, -0.2) is 4.79 Å². The number of benzene rings is 1. The maximum atomic E-state index is 12.7. The number of ether oxygens (including phenoxy) is 1. The Hall–Kier alpha value is -2.11. The quantitative estimate of drug-likeness (QED) is 0.892. The first kappa shape index (κ1) is 16.7. The number of anilines is 1. The molecule has 0 spiro atoms. The number of amides is 2. The summed E-state index contributed by atoms with van der Waals surface area (Å²) in [6, 6.07) is 10.8. The zero-order chi connectivity index (χ0) is 16.8. The van der Waals surface area contributed by atoms with Crippen molar-refractivity contribution >= 4 is 23.3 Å². The van der Waals surface area contributed by atoms with E-state index in [-0.39, 0.29) is 12.1 Å². The van der Waals surface area contributed by atoms with Crippen LogP contribution in [0.2, 0.25) is 5.02 Å². The molecule has 1 fully saturated rings. The minimum atomic E-state index is -0.185. The van der Waals surface area contributed by atoms with Gasteiger partial charge in [-0.05, 0) is 42.7 Å². The standard InChI is InChI=1S/C18H20ClN3O2/c19-16-5-1-2-6-17(16)21-18(23)22(13-15-4-3-11-24-15)12-14-7-9-20-10-8-14/h1-2,5-10,15H,3-4,11-13H2,(H,21,23). The van der Waals surface area contributed by atoms with Crippen LogP contribution in [0.25, 0.3) is 0 Å². The maximum Gasteiger partial charge on any atom is 0.322 e. The number of pyridine rings is 1. The van der Waals surface area contributed by atoms with Crippen molar-refractivity contribution in [2.24, 2.45) is 0 Å². The van der Waals surface area contributed by atoms with Crippen molar-refractivity contribution in [1.82, 2.24) is 9.88 Å². The van der Waals surface area contributed by atoms with Crippen LogP contribution in [0.1, 0.15) is 18.4 Å². The molecule has 0 bridgehead atoms. The van der Waals surface area contributed by atoms with Crippen molar-refractivity contribution < 1.29 is 9.53 Å². The van der Waals surface area contributed by atoms with E-state index in [1.54, 1.807) is 29.4 Å². The van der Waals surface area contributed by atoms with E-state index in [4.69, 9.17) is 16.3 Å². The van der Waals surface area contributed by atoms with E-state index in [0.717, 1.165) is 25.0 Å². The van der Waals surface area contributed by atoms with Gasteiger partial charge >= 0.3 is 6.03 Å². The highest BCUT2D eigenvalue weighted by Crippen LogP contribution is 2.22. The molecule has 1 unspecified atom stereocenters. The summed E-state index contributed by atoms with van der Waals surface area (Å²) in [5.74, 6) is 0. The Morgan fingerprint density at radius 1 is 1.29 bits per heavy atom. The predicted octanol–water partition coefficient (Wildman–Crippen LogP) is 3.95. The second-order valence-electron chi connectivity index (χ2n) is 5.78. The van der Waals surface area contributed by atoms with E-state index in [0.29, 0.717) is 23.8 Å². The summed E-state index contributed by atoms with van der Waals surface area (Å²) in [5.41, 5.74) is 1.63. The predicted molar refractivity (Wildman–Crippen MR) is 94.1 cm³/mol. The van der Waals surface area contributed by atoms with Crippen LogP contribution in [0.5, 0.6) is 0 Å². The van der Waals surface area contributed by atoms with Crippen LogP contribution in [0.3, 0.4) is 0 Å². The molecule has 5 nitrogen and oxygen atoms in total. The normalized spacial score (nSPS) is 16.8. The van der Waals surface area contributed by atoms with Crippen molar-refractivity contribution in [3.63, 3.8) is 0 Å². The summed E-state index contributed by atoms with van der Waals surface area (Å²) in [5, 5.41) is 3.41. The third-order valence-corrected chi connectivity index (χ3v) is 4.30. The first-order chi connectivity index (χ1) is 11.7. The minimum absolute atomic E-state index is 0.0869. The largest absolute Gasteiger partial charge is 0.376 e. The van der Waals surface area contributed by atoms with Crippen LogP contribution < -0.4 is 5.32 Å².